The van der Waals surface area contributed by atoms with Crippen molar-refractivity contribution in [3.8, 4) is 16.9 Å². The van der Waals surface area contributed by atoms with Gasteiger partial charge in [0.15, 0.2) is 5.65 Å². The van der Waals surface area contributed by atoms with E-state index in [-0.39, 0.29) is 18.3 Å². The molecule has 3 aromatic rings. The average molecular weight is 417 g/mol. The minimum atomic E-state index is -0.424. The van der Waals surface area contributed by atoms with Gasteiger partial charge in [-0.15, -0.1) is 12.4 Å². The lowest BCUT2D eigenvalue weighted by molar-refractivity contribution is 0.135. The third kappa shape index (κ3) is 4.36. The van der Waals surface area contributed by atoms with Gasteiger partial charge in [-0.3, -0.25) is 0 Å². The average Bonchev–Trinajstić information content (AvgIpc) is 2.85. The normalized spacial score (nSPS) is 13.4. The fourth-order valence-corrected chi connectivity index (χ4v) is 3.26. The highest BCUT2D eigenvalue weighted by Gasteiger charge is 2.18. The number of imidazole rings is 1. The van der Waals surface area contributed by atoms with Crippen LogP contribution in [0.15, 0.2) is 30.5 Å². The second-order valence-corrected chi connectivity index (χ2v) is 7.38. The molecule has 2 aromatic heterocycles. The summed E-state index contributed by atoms with van der Waals surface area (Å²) in [5.74, 6) is 1.73. The van der Waals surface area contributed by atoms with E-state index in [1.165, 1.54) is 4.57 Å². The molecule has 4 rings (SSSR count). The number of aryl methyl sites for hydroxylation is 1. The zero-order chi connectivity index (χ0) is 19.7. The number of hydrogen-bond donors (Lipinski definition) is 1. The van der Waals surface area contributed by atoms with Gasteiger partial charge in [-0.2, -0.15) is 0 Å². The lowest BCUT2D eigenvalue weighted by atomic mass is 10.0. The molecule has 0 amide bonds. The largest absolute Gasteiger partial charge is 0.492 e. The third-order valence-corrected chi connectivity index (χ3v) is 4.65. The number of carbonyl (C=O) groups excluding carboxylic acids is 1. The van der Waals surface area contributed by atoms with Crippen molar-refractivity contribution >= 4 is 29.7 Å². The summed E-state index contributed by atoms with van der Waals surface area (Å²) in [5, 5.41) is 3.35. The number of ether oxygens (including phenoxy) is 2. The fourth-order valence-electron chi connectivity index (χ4n) is 3.26. The number of rotatable bonds is 3. The summed E-state index contributed by atoms with van der Waals surface area (Å²) in [7, 11) is 0. The van der Waals surface area contributed by atoms with Crippen LogP contribution in [0, 0.1) is 12.8 Å². The Morgan fingerprint density at radius 3 is 2.93 bits per heavy atom. The number of aromatic nitrogens is 3. The van der Waals surface area contributed by atoms with Gasteiger partial charge in [-0.25, -0.2) is 19.3 Å². The molecule has 3 heterocycles. The van der Waals surface area contributed by atoms with Gasteiger partial charge in [0, 0.05) is 30.4 Å². The van der Waals surface area contributed by atoms with Crippen LogP contribution in [-0.2, 0) is 11.3 Å². The van der Waals surface area contributed by atoms with Gasteiger partial charge in [0.2, 0.25) is 0 Å². The van der Waals surface area contributed by atoms with Crippen molar-refractivity contribution in [1.82, 2.24) is 19.9 Å². The maximum Gasteiger partial charge on any atom is 0.420 e. The molecule has 29 heavy (non-hydrogen) atoms. The van der Waals surface area contributed by atoms with E-state index < -0.39 is 6.09 Å². The number of carbonyl (C=O) groups is 1. The van der Waals surface area contributed by atoms with Crippen LogP contribution in [0.25, 0.3) is 22.3 Å². The first-order valence-corrected chi connectivity index (χ1v) is 9.52. The van der Waals surface area contributed by atoms with E-state index in [4.69, 9.17) is 9.47 Å². The standard InChI is InChI=1S/C21H24N4O3.ClH/c1-13(2)12-28-21(26)25-14(3)24-20-18(25)9-16(11-23-20)15-4-5-19-17(8-15)10-22-6-7-27-19;/h4-5,8-9,11,13,22H,6-7,10,12H2,1-3H3;1H. The minimum absolute atomic E-state index is 0. The summed E-state index contributed by atoms with van der Waals surface area (Å²) in [5.41, 5.74) is 4.21. The van der Waals surface area contributed by atoms with Crippen LogP contribution in [-0.4, -0.2) is 40.4 Å². The third-order valence-electron chi connectivity index (χ3n) is 4.65. The fraction of sp³-hybridized carbons (Fsp3) is 0.381. The smallest absolute Gasteiger partial charge is 0.420 e. The molecule has 154 valence electrons. The molecule has 0 fully saturated rings. The molecule has 0 bridgehead atoms. The molecule has 8 heteroatoms. The van der Waals surface area contributed by atoms with Crippen molar-refractivity contribution in [2.75, 3.05) is 19.8 Å². The van der Waals surface area contributed by atoms with Gasteiger partial charge < -0.3 is 14.8 Å². The summed E-state index contributed by atoms with van der Waals surface area (Å²) in [6.07, 6.45) is 1.36. The van der Waals surface area contributed by atoms with E-state index in [2.05, 4.69) is 21.4 Å². The molecule has 0 aliphatic carbocycles. The quantitative estimate of drug-likeness (QED) is 0.696. The highest BCUT2D eigenvalue weighted by atomic mass is 35.5. The molecule has 0 unspecified atom stereocenters. The van der Waals surface area contributed by atoms with Crippen LogP contribution in [0.4, 0.5) is 4.79 Å². The topological polar surface area (TPSA) is 78.3 Å². The van der Waals surface area contributed by atoms with Crippen LogP contribution in [0.2, 0.25) is 0 Å². The molecule has 1 aromatic carbocycles. The number of nitrogens with one attached hydrogen (secondary N) is 1. The maximum absolute atomic E-state index is 12.6. The predicted octanol–water partition coefficient (Wildman–Crippen LogP) is 3.95. The zero-order valence-electron chi connectivity index (χ0n) is 16.8. The Morgan fingerprint density at radius 2 is 2.14 bits per heavy atom. The van der Waals surface area contributed by atoms with Gasteiger partial charge >= 0.3 is 6.09 Å². The molecule has 0 saturated carbocycles. The SMILES string of the molecule is Cc1nc2ncc(-c3ccc4c(c3)CNCCO4)cc2n1C(=O)OCC(C)C.Cl. The Kier molecular flexibility index (Phi) is 6.39. The van der Waals surface area contributed by atoms with E-state index in [9.17, 15) is 4.79 Å². The van der Waals surface area contributed by atoms with Gasteiger partial charge in [-0.1, -0.05) is 19.9 Å². The number of hydrogen-bond acceptors (Lipinski definition) is 6. The monoisotopic (exact) mass is 416 g/mol. The first kappa shape index (κ1) is 21.1. The first-order valence-electron chi connectivity index (χ1n) is 9.52. The van der Waals surface area contributed by atoms with E-state index in [1.54, 1.807) is 13.1 Å². The number of halogens is 1. The second kappa shape index (κ2) is 8.80. The number of fused-ring (bicyclic) bond motifs is 2. The summed E-state index contributed by atoms with van der Waals surface area (Å²) < 4.78 is 12.6. The molecule has 1 aliphatic rings. The first-order chi connectivity index (χ1) is 13.5. The second-order valence-electron chi connectivity index (χ2n) is 7.38. The number of nitrogens with zero attached hydrogens (tertiary/aromatic N) is 3. The Morgan fingerprint density at radius 1 is 1.31 bits per heavy atom. The van der Waals surface area contributed by atoms with Crippen molar-refractivity contribution < 1.29 is 14.3 Å². The van der Waals surface area contributed by atoms with Gasteiger partial charge in [-0.05, 0) is 36.6 Å². The van der Waals surface area contributed by atoms with Crippen molar-refractivity contribution in [3.05, 3.63) is 41.9 Å². The highest BCUT2D eigenvalue weighted by Crippen LogP contribution is 2.29. The highest BCUT2D eigenvalue weighted by molar-refractivity contribution is 5.88. The van der Waals surface area contributed by atoms with Crippen molar-refractivity contribution in [2.45, 2.75) is 27.3 Å². The predicted molar refractivity (Wildman–Crippen MR) is 114 cm³/mol. The molecule has 0 radical (unpaired) electrons. The zero-order valence-corrected chi connectivity index (χ0v) is 17.6. The Labute approximate surface area is 175 Å². The molecule has 1 aliphatic heterocycles. The Hall–Kier alpha value is -2.64. The van der Waals surface area contributed by atoms with Crippen LogP contribution in [0.1, 0.15) is 25.2 Å². The Bertz CT molecular complexity index is 1030. The van der Waals surface area contributed by atoms with Gasteiger partial charge in [0.05, 0.1) is 12.1 Å². The minimum Gasteiger partial charge on any atom is -0.492 e. The van der Waals surface area contributed by atoms with Crippen molar-refractivity contribution in [1.29, 1.82) is 0 Å². The van der Waals surface area contributed by atoms with Crippen molar-refractivity contribution in [2.24, 2.45) is 5.92 Å². The maximum atomic E-state index is 12.6. The van der Waals surface area contributed by atoms with Crippen molar-refractivity contribution in [3.63, 3.8) is 0 Å². The van der Waals surface area contributed by atoms with Gasteiger partial charge in [0.25, 0.3) is 0 Å². The van der Waals surface area contributed by atoms with E-state index in [1.807, 2.05) is 32.0 Å². The number of benzene rings is 1. The van der Waals surface area contributed by atoms with Gasteiger partial charge in [0.1, 0.15) is 18.2 Å². The molecule has 0 saturated heterocycles. The molecule has 0 atom stereocenters. The van der Waals surface area contributed by atoms with Crippen LogP contribution in [0.3, 0.4) is 0 Å². The molecule has 1 N–H and O–H groups in total. The van der Waals surface area contributed by atoms with E-state index in [0.29, 0.717) is 30.2 Å². The lowest BCUT2D eigenvalue weighted by Gasteiger charge is -2.11. The summed E-state index contributed by atoms with van der Waals surface area (Å²) in [4.78, 5) is 21.4. The lowest BCUT2D eigenvalue weighted by Crippen LogP contribution is -2.17. The molecule has 7 nitrogen and oxygen atoms in total. The summed E-state index contributed by atoms with van der Waals surface area (Å²) in [6.45, 7) is 8.40. The van der Waals surface area contributed by atoms with E-state index >= 15 is 0 Å². The molecular weight excluding hydrogens is 392 g/mol. The van der Waals surface area contributed by atoms with E-state index in [0.717, 1.165) is 35.5 Å². The number of pyridine rings is 1. The van der Waals surface area contributed by atoms with Crippen LogP contribution in [0.5, 0.6) is 5.75 Å². The Balaban J connectivity index is 0.00000240. The van der Waals surface area contributed by atoms with Crippen LogP contribution < -0.4 is 10.1 Å². The summed E-state index contributed by atoms with van der Waals surface area (Å²) in [6, 6.07) is 8.03. The van der Waals surface area contributed by atoms with Crippen LogP contribution >= 0.6 is 12.4 Å². The molecule has 0 spiro atoms. The summed E-state index contributed by atoms with van der Waals surface area (Å²) >= 11 is 0. The molecular formula is C21H25ClN4O3.